The highest BCUT2D eigenvalue weighted by molar-refractivity contribution is 5.91. The van der Waals surface area contributed by atoms with Crippen LogP contribution >= 0.6 is 0 Å². The van der Waals surface area contributed by atoms with Crippen molar-refractivity contribution < 1.29 is 9.53 Å². The average Bonchev–Trinajstić information content (AvgIpc) is 3.16. The van der Waals surface area contributed by atoms with Gasteiger partial charge in [-0.25, -0.2) is 0 Å². The van der Waals surface area contributed by atoms with E-state index in [1.807, 2.05) is 25.2 Å². The molecule has 0 fully saturated rings. The van der Waals surface area contributed by atoms with Gasteiger partial charge in [-0.1, -0.05) is 30.4 Å². The van der Waals surface area contributed by atoms with E-state index in [0.29, 0.717) is 11.8 Å². The Morgan fingerprint density at radius 3 is 2.77 bits per heavy atom. The number of anilines is 2. The summed E-state index contributed by atoms with van der Waals surface area (Å²) in [6.07, 6.45) is 5.62. The number of rotatable bonds is 3. The molecule has 0 bridgehead atoms. The van der Waals surface area contributed by atoms with Crippen LogP contribution in [0.4, 0.5) is 11.4 Å². The van der Waals surface area contributed by atoms with Gasteiger partial charge in [0.05, 0.1) is 13.2 Å². The van der Waals surface area contributed by atoms with E-state index < -0.39 is 0 Å². The maximum atomic E-state index is 11.7. The number of nitrogens with one attached hydrogen (secondary N) is 1. The van der Waals surface area contributed by atoms with Crippen LogP contribution in [0.25, 0.3) is 0 Å². The van der Waals surface area contributed by atoms with Crippen molar-refractivity contribution in [3.8, 4) is 5.75 Å². The monoisotopic (exact) mass is 348 g/mol. The second-order valence-corrected chi connectivity index (χ2v) is 7.07. The largest absolute Gasteiger partial charge is 0.496 e. The van der Waals surface area contributed by atoms with Crippen LogP contribution in [0.5, 0.6) is 5.75 Å². The summed E-state index contributed by atoms with van der Waals surface area (Å²) >= 11 is 0. The maximum Gasteiger partial charge on any atom is 0.223 e. The van der Waals surface area contributed by atoms with Crippen LogP contribution in [0.1, 0.15) is 36.4 Å². The van der Waals surface area contributed by atoms with Gasteiger partial charge in [-0.05, 0) is 42.2 Å². The zero-order valence-electron chi connectivity index (χ0n) is 15.4. The lowest BCUT2D eigenvalue weighted by Gasteiger charge is -2.38. The smallest absolute Gasteiger partial charge is 0.223 e. The number of fused-ring (bicyclic) bond motifs is 3. The van der Waals surface area contributed by atoms with E-state index in [1.54, 1.807) is 18.9 Å². The van der Waals surface area contributed by atoms with Gasteiger partial charge in [0.15, 0.2) is 0 Å². The van der Waals surface area contributed by atoms with Gasteiger partial charge >= 0.3 is 0 Å². The molecule has 2 aromatic rings. The van der Waals surface area contributed by atoms with Gasteiger partial charge in [0.1, 0.15) is 5.75 Å². The molecule has 134 valence electrons. The van der Waals surface area contributed by atoms with Crippen molar-refractivity contribution in [1.82, 2.24) is 0 Å². The summed E-state index contributed by atoms with van der Waals surface area (Å²) in [4.78, 5) is 13.4. The van der Waals surface area contributed by atoms with Crippen LogP contribution in [-0.4, -0.2) is 20.1 Å². The fourth-order valence-corrected chi connectivity index (χ4v) is 4.20. The van der Waals surface area contributed by atoms with Gasteiger partial charge in [-0.3, -0.25) is 4.79 Å². The maximum absolute atomic E-state index is 11.7. The van der Waals surface area contributed by atoms with Crippen LogP contribution in [0.3, 0.4) is 0 Å². The number of hydrogen-bond donors (Lipinski definition) is 1. The number of nitrogens with zero attached hydrogens (tertiary/aromatic N) is 1. The van der Waals surface area contributed by atoms with Crippen molar-refractivity contribution in [2.24, 2.45) is 5.92 Å². The summed E-state index contributed by atoms with van der Waals surface area (Å²) in [5, 5.41) is 3.73. The fourth-order valence-electron chi connectivity index (χ4n) is 4.20. The molecule has 1 N–H and O–H groups in total. The highest BCUT2D eigenvalue weighted by Crippen LogP contribution is 2.51. The molecule has 0 aromatic heterocycles. The normalized spacial score (nSPS) is 23.0. The molecule has 1 aliphatic heterocycles. The predicted molar refractivity (Wildman–Crippen MR) is 105 cm³/mol. The van der Waals surface area contributed by atoms with E-state index in [0.717, 1.165) is 23.5 Å². The van der Waals surface area contributed by atoms with E-state index >= 15 is 0 Å². The lowest BCUT2D eigenvalue weighted by Crippen LogP contribution is -2.30. The molecule has 0 spiro atoms. The molecule has 3 atom stereocenters. The van der Waals surface area contributed by atoms with Crippen molar-refractivity contribution in [3.63, 3.8) is 0 Å². The van der Waals surface area contributed by atoms with Gasteiger partial charge in [0.25, 0.3) is 0 Å². The van der Waals surface area contributed by atoms with Crippen molar-refractivity contribution in [2.45, 2.75) is 25.3 Å². The first kappa shape index (κ1) is 16.7. The molecule has 0 saturated carbocycles. The minimum absolute atomic E-state index is 0.0409. The standard InChI is InChI=1S/C22H24N2O2/c1-14(25)24(2)15-11-12-20-19(13-15)16-8-6-9-17(16)22(23-20)18-7-4-5-10-21(18)26-3/h4-8,10-13,16-17,22-23H,9H2,1-3H3. The topological polar surface area (TPSA) is 41.6 Å². The first-order valence-corrected chi connectivity index (χ1v) is 9.04. The van der Waals surface area contributed by atoms with E-state index in [2.05, 4.69) is 41.7 Å². The zero-order chi connectivity index (χ0) is 18.3. The van der Waals surface area contributed by atoms with Crippen LogP contribution < -0.4 is 15.0 Å². The van der Waals surface area contributed by atoms with Gasteiger partial charge in [-0.2, -0.15) is 0 Å². The summed E-state index contributed by atoms with van der Waals surface area (Å²) < 4.78 is 5.61. The Kier molecular flexibility index (Phi) is 4.19. The summed E-state index contributed by atoms with van der Waals surface area (Å²) in [6.45, 7) is 1.59. The number of methoxy groups -OCH3 is 1. The fraction of sp³-hybridized carbons (Fsp3) is 0.318. The van der Waals surface area contributed by atoms with Crippen LogP contribution in [-0.2, 0) is 4.79 Å². The molecule has 4 rings (SSSR count). The number of para-hydroxylation sites is 1. The van der Waals surface area contributed by atoms with Crippen molar-refractivity contribution in [1.29, 1.82) is 0 Å². The molecule has 3 unspecified atom stereocenters. The van der Waals surface area contributed by atoms with Gasteiger partial charge < -0.3 is 15.0 Å². The second-order valence-electron chi connectivity index (χ2n) is 7.07. The summed E-state index contributed by atoms with van der Waals surface area (Å²) in [7, 11) is 3.55. The number of benzene rings is 2. The molecule has 1 amide bonds. The number of carbonyl (C=O) groups is 1. The van der Waals surface area contributed by atoms with E-state index in [4.69, 9.17) is 4.74 Å². The number of amides is 1. The lowest BCUT2D eigenvalue weighted by atomic mass is 9.76. The predicted octanol–water partition coefficient (Wildman–Crippen LogP) is 4.50. The van der Waals surface area contributed by atoms with E-state index in [-0.39, 0.29) is 11.9 Å². The van der Waals surface area contributed by atoms with Crippen LogP contribution in [0.2, 0.25) is 0 Å². The molecule has 2 aliphatic rings. The third-order valence-corrected chi connectivity index (χ3v) is 5.68. The van der Waals surface area contributed by atoms with Gasteiger partial charge in [0.2, 0.25) is 5.91 Å². The number of hydrogen-bond acceptors (Lipinski definition) is 3. The first-order valence-electron chi connectivity index (χ1n) is 9.04. The van der Waals surface area contributed by atoms with Crippen LogP contribution in [0, 0.1) is 5.92 Å². The Morgan fingerprint density at radius 1 is 1.19 bits per heavy atom. The minimum atomic E-state index is 0.0409. The molecule has 2 aromatic carbocycles. The van der Waals surface area contributed by atoms with E-state index in [9.17, 15) is 4.79 Å². The number of allylic oxidation sites excluding steroid dienone is 2. The van der Waals surface area contributed by atoms with Crippen molar-refractivity contribution in [2.75, 3.05) is 24.4 Å². The van der Waals surface area contributed by atoms with Gasteiger partial charge in [-0.15, -0.1) is 0 Å². The van der Waals surface area contributed by atoms with Crippen LogP contribution in [0.15, 0.2) is 54.6 Å². The summed E-state index contributed by atoms with van der Waals surface area (Å²) in [5.74, 6) is 1.75. The third kappa shape index (κ3) is 2.66. The molecular formula is C22H24N2O2. The lowest BCUT2D eigenvalue weighted by molar-refractivity contribution is -0.116. The Bertz CT molecular complexity index is 874. The summed E-state index contributed by atoms with van der Waals surface area (Å²) in [6, 6.07) is 14.7. The Morgan fingerprint density at radius 2 is 2.00 bits per heavy atom. The SMILES string of the molecule is COc1ccccc1C1Nc2ccc(N(C)C(C)=O)cc2C2C=CCC21. The zero-order valence-corrected chi connectivity index (χ0v) is 15.4. The third-order valence-electron chi connectivity index (χ3n) is 5.68. The Hall–Kier alpha value is -2.75. The quantitative estimate of drug-likeness (QED) is 0.830. The number of ether oxygens (including phenoxy) is 1. The molecule has 4 heteroatoms. The van der Waals surface area contributed by atoms with Crippen molar-refractivity contribution in [3.05, 3.63) is 65.7 Å². The highest BCUT2D eigenvalue weighted by atomic mass is 16.5. The average molecular weight is 348 g/mol. The molecular weight excluding hydrogens is 324 g/mol. The van der Waals surface area contributed by atoms with Gasteiger partial charge in [0, 0.05) is 36.8 Å². The van der Waals surface area contributed by atoms with E-state index in [1.165, 1.54) is 11.1 Å². The summed E-state index contributed by atoms with van der Waals surface area (Å²) in [5.41, 5.74) is 4.53. The Labute approximate surface area is 154 Å². The first-order chi connectivity index (χ1) is 12.6. The second kappa shape index (κ2) is 6.52. The molecule has 1 aliphatic carbocycles. The molecule has 1 heterocycles. The van der Waals surface area contributed by atoms with Crippen molar-refractivity contribution >= 4 is 17.3 Å². The Balaban J connectivity index is 1.76. The minimum Gasteiger partial charge on any atom is -0.496 e. The molecule has 0 saturated heterocycles. The molecule has 26 heavy (non-hydrogen) atoms. The molecule has 0 radical (unpaired) electrons. The molecule has 4 nitrogen and oxygen atoms in total. The number of carbonyl (C=O) groups excluding carboxylic acids is 1. The highest BCUT2D eigenvalue weighted by Gasteiger charge is 2.39.